The number of halogens is 3. The van der Waals surface area contributed by atoms with E-state index in [-0.39, 0.29) is 11.7 Å². The van der Waals surface area contributed by atoms with E-state index in [0.717, 1.165) is 24.1 Å². The van der Waals surface area contributed by atoms with Gasteiger partial charge in [-0.25, -0.2) is 8.78 Å². The second kappa shape index (κ2) is 4.89. The van der Waals surface area contributed by atoms with E-state index in [2.05, 4.69) is 26.2 Å². The Morgan fingerprint density at radius 1 is 1.26 bits per heavy atom. The molecule has 1 N–H and O–H groups in total. The van der Waals surface area contributed by atoms with Crippen molar-refractivity contribution in [2.45, 2.75) is 18.9 Å². The molecule has 1 heterocycles. The molecular formula is C14H11BrF2N2. The van der Waals surface area contributed by atoms with Gasteiger partial charge in [-0.05, 0) is 36.6 Å². The van der Waals surface area contributed by atoms with Gasteiger partial charge in [-0.2, -0.15) is 0 Å². The molecule has 0 spiro atoms. The lowest BCUT2D eigenvalue weighted by Crippen LogP contribution is -2.11. The Morgan fingerprint density at radius 3 is 2.74 bits per heavy atom. The highest BCUT2D eigenvalue weighted by atomic mass is 79.9. The molecule has 0 bridgehead atoms. The summed E-state index contributed by atoms with van der Waals surface area (Å²) < 4.78 is 28.0. The molecule has 19 heavy (non-hydrogen) atoms. The van der Waals surface area contributed by atoms with Crippen molar-refractivity contribution in [1.29, 1.82) is 0 Å². The minimum Gasteiger partial charge on any atom is -0.372 e. The van der Waals surface area contributed by atoms with Crippen LogP contribution in [0, 0.1) is 11.6 Å². The molecule has 3 rings (SSSR count). The summed E-state index contributed by atoms with van der Waals surface area (Å²) in [6, 6.07) is 6.24. The van der Waals surface area contributed by atoms with Crippen LogP contribution in [0.4, 0.5) is 14.5 Å². The number of nitrogens with zero attached hydrogens (tertiary/aromatic N) is 1. The van der Waals surface area contributed by atoms with Crippen molar-refractivity contribution in [3.8, 4) is 0 Å². The molecule has 0 fully saturated rings. The van der Waals surface area contributed by atoms with Crippen LogP contribution < -0.4 is 5.32 Å². The zero-order valence-electron chi connectivity index (χ0n) is 9.96. The maximum atomic E-state index is 13.8. The van der Waals surface area contributed by atoms with Crippen molar-refractivity contribution in [2.75, 3.05) is 5.32 Å². The lowest BCUT2D eigenvalue weighted by Gasteiger charge is -2.16. The van der Waals surface area contributed by atoms with E-state index < -0.39 is 11.6 Å². The van der Waals surface area contributed by atoms with Gasteiger partial charge in [0, 0.05) is 10.7 Å². The monoisotopic (exact) mass is 324 g/mol. The molecule has 1 atom stereocenters. The number of anilines is 1. The molecule has 0 saturated heterocycles. The van der Waals surface area contributed by atoms with Crippen LogP contribution in [0.15, 0.2) is 34.9 Å². The van der Waals surface area contributed by atoms with Gasteiger partial charge in [0.05, 0.1) is 11.7 Å². The van der Waals surface area contributed by atoms with Gasteiger partial charge < -0.3 is 5.32 Å². The molecule has 1 unspecified atom stereocenters. The van der Waals surface area contributed by atoms with Crippen LogP contribution in [-0.4, -0.2) is 4.98 Å². The summed E-state index contributed by atoms with van der Waals surface area (Å²) in [4.78, 5) is 4.30. The van der Waals surface area contributed by atoms with Gasteiger partial charge in [0.15, 0.2) is 0 Å². The van der Waals surface area contributed by atoms with Gasteiger partial charge in [-0.15, -0.1) is 0 Å². The zero-order valence-corrected chi connectivity index (χ0v) is 11.5. The lowest BCUT2D eigenvalue weighted by atomic mass is 10.2. The first kappa shape index (κ1) is 12.5. The van der Waals surface area contributed by atoms with Crippen LogP contribution in [0.5, 0.6) is 0 Å². The Hall–Kier alpha value is -1.49. The SMILES string of the molecule is Fc1cc(Br)cc(F)c1NC1CCc2cccnc21. The standard InChI is InChI=1S/C14H11BrF2N2/c15-9-6-10(16)14(11(17)7-9)19-12-4-3-8-2-1-5-18-13(8)12/h1-2,5-7,12,19H,3-4H2. The molecule has 1 aliphatic rings. The minimum absolute atomic E-state index is 0.0910. The average molecular weight is 325 g/mol. The van der Waals surface area contributed by atoms with Gasteiger partial charge in [0.2, 0.25) is 0 Å². The third kappa shape index (κ3) is 2.34. The Bertz CT molecular complexity index is 608. The van der Waals surface area contributed by atoms with Gasteiger partial charge >= 0.3 is 0 Å². The number of benzene rings is 1. The number of pyridine rings is 1. The Balaban J connectivity index is 1.92. The van der Waals surface area contributed by atoms with Crippen molar-refractivity contribution >= 4 is 21.6 Å². The largest absolute Gasteiger partial charge is 0.372 e. The molecule has 0 aliphatic heterocycles. The fourth-order valence-electron chi connectivity index (χ4n) is 2.41. The van der Waals surface area contributed by atoms with Crippen molar-refractivity contribution in [3.05, 3.63) is 57.8 Å². The van der Waals surface area contributed by atoms with Crippen LogP contribution in [0.1, 0.15) is 23.7 Å². The van der Waals surface area contributed by atoms with Crippen LogP contribution in [0.2, 0.25) is 0 Å². The topological polar surface area (TPSA) is 24.9 Å². The smallest absolute Gasteiger partial charge is 0.150 e. The van der Waals surface area contributed by atoms with Gasteiger partial charge in [-0.3, -0.25) is 4.98 Å². The number of hydrogen-bond donors (Lipinski definition) is 1. The maximum Gasteiger partial charge on any atom is 0.150 e. The predicted molar refractivity (Wildman–Crippen MR) is 73.0 cm³/mol. The lowest BCUT2D eigenvalue weighted by molar-refractivity contribution is 0.579. The normalized spacial score (nSPS) is 17.3. The number of aromatic nitrogens is 1. The zero-order chi connectivity index (χ0) is 13.4. The van der Waals surface area contributed by atoms with Crippen molar-refractivity contribution in [3.63, 3.8) is 0 Å². The van der Waals surface area contributed by atoms with Gasteiger partial charge in [0.1, 0.15) is 17.3 Å². The number of nitrogens with one attached hydrogen (secondary N) is 1. The van der Waals surface area contributed by atoms with Crippen LogP contribution in [0.3, 0.4) is 0 Å². The van der Waals surface area contributed by atoms with E-state index in [9.17, 15) is 8.78 Å². The fourth-order valence-corrected chi connectivity index (χ4v) is 2.81. The third-order valence-corrected chi connectivity index (χ3v) is 3.74. The summed E-state index contributed by atoms with van der Waals surface area (Å²) in [6.07, 6.45) is 3.37. The van der Waals surface area contributed by atoms with Crippen molar-refractivity contribution in [1.82, 2.24) is 4.98 Å². The first-order valence-corrected chi connectivity index (χ1v) is 6.79. The summed E-state index contributed by atoms with van der Waals surface area (Å²) in [5, 5.41) is 2.93. The summed E-state index contributed by atoms with van der Waals surface area (Å²) in [7, 11) is 0. The average Bonchev–Trinajstić information content (AvgIpc) is 2.77. The molecule has 2 aromatic rings. The molecule has 0 radical (unpaired) electrons. The fraction of sp³-hybridized carbons (Fsp3) is 0.214. The predicted octanol–water partition coefficient (Wildman–Crippen LogP) is 4.22. The molecule has 0 amide bonds. The molecule has 1 aliphatic carbocycles. The number of fused-ring (bicyclic) bond motifs is 1. The second-order valence-corrected chi connectivity index (χ2v) is 5.44. The van der Waals surface area contributed by atoms with Crippen molar-refractivity contribution in [2.24, 2.45) is 0 Å². The van der Waals surface area contributed by atoms with Crippen LogP contribution in [-0.2, 0) is 6.42 Å². The van der Waals surface area contributed by atoms with E-state index >= 15 is 0 Å². The van der Waals surface area contributed by atoms with E-state index in [0.29, 0.717) is 4.47 Å². The Labute approximate surface area is 118 Å². The highest BCUT2D eigenvalue weighted by Gasteiger charge is 2.25. The van der Waals surface area contributed by atoms with E-state index in [4.69, 9.17) is 0 Å². The Kier molecular flexibility index (Phi) is 3.22. The van der Waals surface area contributed by atoms with E-state index in [1.54, 1.807) is 6.20 Å². The quantitative estimate of drug-likeness (QED) is 0.894. The summed E-state index contributed by atoms with van der Waals surface area (Å²) in [5.74, 6) is -1.20. The molecule has 98 valence electrons. The first-order chi connectivity index (χ1) is 9.15. The number of rotatable bonds is 2. The highest BCUT2D eigenvalue weighted by Crippen LogP contribution is 2.34. The first-order valence-electron chi connectivity index (χ1n) is 6.00. The number of aryl methyl sites for hydroxylation is 1. The summed E-state index contributed by atoms with van der Waals surface area (Å²) in [6.45, 7) is 0. The number of hydrogen-bond acceptors (Lipinski definition) is 2. The van der Waals surface area contributed by atoms with Crippen LogP contribution in [0.25, 0.3) is 0 Å². The highest BCUT2D eigenvalue weighted by molar-refractivity contribution is 9.10. The molecule has 5 heteroatoms. The van der Waals surface area contributed by atoms with Crippen LogP contribution >= 0.6 is 15.9 Å². The van der Waals surface area contributed by atoms with E-state index in [1.165, 1.54) is 12.1 Å². The third-order valence-electron chi connectivity index (χ3n) is 3.28. The molecule has 1 aromatic carbocycles. The van der Waals surface area contributed by atoms with Gasteiger partial charge in [-0.1, -0.05) is 22.0 Å². The molecule has 0 saturated carbocycles. The van der Waals surface area contributed by atoms with Gasteiger partial charge in [0.25, 0.3) is 0 Å². The second-order valence-electron chi connectivity index (χ2n) is 4.53. The molecule has 2 nitrogen and oxygen atoms in total. The Morgan fingerprint density at radius 2 is 2.00 bits per heavy atom. The summed E-state index contributed by atoms with van der Waals surface area (Å²) in [5.41, 5.74) is 1.92. The minimum atomic E-state index is -0.601. The van der Waals surface area contributed by atoms with E-state index in [1.807, 2.05) is 12.1 Å². The summed E-state index contributed by atoms with van der Waals surface area (Å²) >= 11 is 3.07. The molecule has 1 aromatic heterocycles. The van der Waals surface area contributed by atoms with Crippen molar-refractivity contribution < 1.29 is 8.78 Å². The maximum absolute atomic E-state index is 13.8. The molecular weight excluding hydrogens is 314 g/mol.